The van der Waals surface area contributed by atoms with E-state index in [0.717, 1.165) is 0 Å². The molecule has 0 unspecified atom stereocenters. The zero-order valence-electron chi connectivity index (χ0n) is 8.71. The van der Waals surface area contributed by atoms with Crippen molar-refractivity contribution in [2.45, 2.75) is 12.6 Å². The van der Waals surface area contributed by atoms with Crippen molar-refractivity contribution < 1.29 is 17.6 Å². The molecule has 1 heterocycles. The summed E-state index contributed by atoms with van der Waals surface area (Å²) in [6.07, 6.45) is -5.13. The minimum absolute atomic E-state index is 0.0647. The summed E-state index contributed by atoms with van der Waals surface area (Å²) in [5, 5.41) is 2.47. The molecule has 0 aliphatic carbocycles. The summed E-state index contributed by atoms with van der Waals surface area (Å²) in [5.74, 6) is 0. The highest BCUT2D eigenvalue weighted by Crippen LogP contribution is 2.22. The number of fused-ring (bicyclic) bond motifs is 1. The van der Waals surface area contributed by atoms with E-state index in [-0.39, 0.29) is 12.6 Å². The highest BCUT2D eigenvalue weighted by Gasteiger charge is 2.26. The largest absolute Gasteiger partial charge is 0.424 e. The van der Waals surface area contributed by atoms with Gasteiger partial charge in [-0.25, -0.2) is 0 Å². The van der Waals surface area contributed by atoms with Crippen molar-refractivity contribution in [1.82, 2.24) is 4.98 Å². The number of nitrogens with one attached hydrogen (secondary N) is 1. The fourth-order valence-corrected chi connectivity index (χ4v) is 1.33. The van der Waals surface area contributed by atoms with Gasteiger partial charge in [-0.2, -0.15) is 18.2 Å². The highest BCUT2D eigenvalue weighted by atomic mass is 19.4. The van der Waals surface area contributed by atoms with Gasteiger partial charge in [0.2, 0.25) is 0 Å². The maximum absolute atomic E-state index is 11.9. The van der Waals surface area contributed by atoms with Crippen LogP contribution in [0.5, 0.6) is 0 Å². The van der Waals surface area contributed by atoms with Crippen molar-refractivity contribution in [2.75, 3.05) is 17.6 Å². The number of rotatable bonds is 3. The van der Waals surface area contributed by atoms with Crippen molar-refractivity contribution in [3.63, 3.8) is 0 Å². The molecular formula is C10H10F3N3O. The standard InChI is InChI=1S/C10H10F3N3O/c11-10(12,13)3-4-15-9-16-7-5-6(14)1-2-8(7)17-9/h1-2,5H,3-4,14H2,(H,15,16). The molecule has 1 aromatic carbocycles. The molecule has 0 aliphatic heterocycles. The molecule has 17 heavy (non-hydrogen) atoms. The summed E-state index contributed by atoms with van der Waals surface area (Å²) in [7, 11) is 0. The SMILES string of the molecule is Nc1ccc2oc(NCCC(F)(F)F)nc2c1. The number of nitrogen functional groups attached to an aromatic ring is 1. The lowest BCUT2D eigenvalue weighted by Gasteiger charge is -2.05. The van der Waals surface area contributed by atoms with Crippen molar-refractivity contribution in [3.05, 3.63) is 18.2 Å². The van der Waals surface area contributed by atoms with Crippen LogP contribution in [-0.4, -0.2) is 17.7 Å². The molecule has 2 rings (SSSR count). The van der Waals surface area contributed by atoms with Crippen molar-refractivity contribution in [1.29, 1.82) is 0 Å². The fourth-order valence-electron chi connectivity index (χ4n) is 1.33. The van der Waals surface area contributed by atoms with E-state index in [1.54, 1.807) is 18.2 Å². The Morgan fingerprint density at radius 2 is 2.12 bits per heavy atom. The molecule has 0 radical (unpaired) electrons. The van der Waals surface area contributed by atoms with Gasteiger partial charge in [0.25, 0.3) is 6.01 Å². The molecule has 7 heteroatoms. The van der Waals surface area contributed by atoms with Crippen LogP contribution in [0.4, 0.5) is 24.9 Å². The monoisotopic (exact) mass is 245 g/mol. The minimum atomic E-state index is -4.19. The molecule has 0 spiro atoms. The van der Waals surface area contributed by atoms with E-state index in [1.807, 2.05) is 0 Å². The summed E-state index contributed by atoms with van der Waals surface area (Å²) < 4.78 is 40.9. The first-order valence-corrected chi connectivity index (χ1v) is 4.91. The Morgan fingerprint density at radius 3 is 2.82 bits per heavy atom. The van der Waals surface area contributed by atoms with Crippen LogP contribution in [0.2, 0.25) is 0 Å². The topological polar surface area (TPSA) is 64.1 Å². The summed E-state index contributed by atoms with van der Waals surface area (Å²) in [4.78, 5) is 3.97. The zero-order chi connectivity index (χ0) is 12.5. The summed E-state index contributed by atoms with van der Waals surface area (Å²) in [5.41, 5.74) is 7.05. The Kier molecular flexibility index (Phi) is 2.83. The summed E-state index contributed by atoms with van der Waals surface area (Å²) in [6, 6.07) is 4.91. The van der Waals surface area contributed by atoms with Crippen LogP contribution in [0.25, 0.3) is 11.1 Å². The summed E-state index contributed by atoms with van der Waals surface area (Å²) in [6.45, 7) is -0.272. The second-order valence-corrected chi connectivity index (χ2v) is 3.54. The Morgan fingerprint density at radius 1 is 1.35 bits per heavy atom. The lowest BCUT2D eigenvalue weighted by Crippen LogP contribution is -2.14. The number of nitrogens with two attached hydrogens (primary N) is 1. The van der Waals surface area contributed by atoms with Gasteiger partial charge in [0.1, 0.15) is 5.52 Å². The van der Waals surface area contributed by atoms with Gasteiger partial charge < -0.3 is 15.5 Å². The smallest absolute Gasteiger partial charge is 0.390 e. The Bertz CT molecular complexity index is 521. The first-order valence-electron chi connectivity index (χ1n) is 4.91. The number of oxazole rings is 1. The van der Waals surface area contributed by atoms with E-state index in [0.29, 0.717) is 16.8 Å². The van der Waals surface area contributed by atoms with E-state index in [4.69, 9.17) is 10.2 Å². The Hall–Kier alpha value is -1.92. The molecule has 4 nitrogen and oxygen atoms in total. The predicted octanol–water partition coefficient (Wildman–Crippen LogP) is 2.77. The molecule has 0 atom stereocenters. The Balaban J connectivity index is 2.05. The van der Waals surface area contributed by atoms with E-state index in [1.165, 1.54) is 0 Å². The van der Waals surface area contributed by atoms with Gasteiger partial charge in [-0.3, -0.25) is 0 Å². The maximum atomic E-state index is 11.9. The molecule has 0 bridgehead atoms. The quantitative estimate of drug-likeness (QED) is 0.816. The van der Waals surface area contributed by atoms with Gasteiger partial charge in [0, 0.05) is 12.2 Å². The molecule has 3 N–H and O–H groups in total. The number of anilines is 2. The number of benzene rings is 1. The molecule has 1 aromatic heterocycles. The van der Waals surface area contributed by atoms with Crippen LogP contribution in [0.3, 0.4) is 0 Å². The number of hydrogen-bond donors (Lipinski definition) is 2. The van der Waals surface area contributed by atoms with E-state index < -0.39 is 12.6 Å². The summed E-state index contributed by atoms with van der Waals surface area (Å²) >= 11 is 0. The van der Waals surface area contributed by atoms with Gasteiger partial charge in [0.05, 0.1) is 6.42 Å². The fraction of sp³-hybridized carbons (Fsp3) is 0.300. The van der Waals surface area contributed by atoms with Gasteiger partial charge in [-0.1, -0.05) is 0 Å². The van der Waals surface area contributed by atoms with Gasteiger partial charge in [-0.05, 0) is 18.2 Å². The van der Waals surface area contributed by atoms with Crippen LogP contribution in [0, 0.1) is 0 Å². The van der Waals surface area contributed by atoms with E-state index in [9.17, 15) is 13.2 Å². The van der Waals surface area contributed by atoms with Crippen LogP contribution >= 0.6 is 0 Å². The molecule has 0 aliphatic rings. The third kappa shape index (κ3) is 3.02. The van der Waals surface area contributed by atoms with Crippen molar-refractivity contribution in [3.8, 4) is 0 Å². The molecule has 92 valence electrons. The van der Waals surface area contributed by atoms with Crippen LogP contribution in [0.1, 0.15) is 6.42 Å². The molecular weight excluding hydrogens is 235 g/mol. The highest BCUT2D eigenvalue weighted by molar-refractivity contribution is 5.78. The van der Waals surface area contributed by atoms with Crippen LogP contribution in [0.15, 0.2) is 22.6 Å². The first-order chi connectivity index (χ1) is 7.94. The third-order valence-electron chi connectivity index (χ3n) is 2.10. The Labute approximate surface area is 94.6 Å². The van der Waals surface area contributed by atoms with Crippen LogP contribution in [-0.2, 0) is 0 Å². The predicted molar refractivity (Wildman–Crippen MR) is 57.6 cm³/mol. The first kappa shape index (κ1) is 11.6. The molecule has 0 saturated carbocycles. The van der Waals surface area contributed by atoms with E-state index >= 15 is 0 Å². The van der Waals surface area contributed by atoms with E-state index in [2.05, 4.69) is 10.3 Å². The normalized spacial score (nSPS) is 11.9. The van der Waals surface area contributed by atoms with Crippen molar-refractivity contribution in [2.24, 2.45) is 0 Å². The zero-order valence-corrected chi connectivity index (χ0v) is 8.71. The lowest BCUT2D eigenvalue weighted by atomic mass is 10.3. The molecule has 2 aromatic rings. The number of aromatic nitrogens is 1. The van der Waals surface area contributed by atoms with Gasteiger partial charge in [0.15, 0.2) is 5.58 Å². The molecule has 0 amide bonds. The second kappa shape index (κ2) is 4.15. The second-order valence-electron chi connectivity index (χ2n) is 3.54. The minimum Gasteiger partial charge on any atom is -0.424 e. The maximum Gasteiger partial charge on any atom is 0.390 e. The third-order valence-corrected chi connectivity index (χ3v) is 2.10. The molecule has 0 fully saturated rings. The average molecular weight is 245 g/mol. The number of hydrogen-bond acceptors (Lipinski definition) is 4. The average Bonchev–Trinajstić information content (AvgIpc) is 2.57. The van der Waals surface area contributed by atoms with Crippen LogP contribution < -0.4 is 11.1 Å². The lowest BCUT2D eigenvalue weighted by molar-refractivity contribution is -0.131. The van der Waals surface area contributed by atoms with Gasteiger partial charge in [-0.15, -0.1) is 0 Å². The van der Waals surface area contributed by atoms with Crippen molar-refractivity contribution >= 4 is 22.8 Å². The molecule has 0 saturated heterocycles. The number of nitrogens with zero attached hydrogens (tertiary/aromatic N) is 1. The number of alkyl halides is 3. The van der Waals surface area contributed by atoms with Gasteiger partial charge >= 0.3 is 6.18 Å². The number of halogens is 3.